The fourth-order valence-electron chi connectivity index (χ4n) is 4.67. The molecule has 1 unspecified atom stereocenters. The highest BCUT2D eigenvalue weighted by Crippen LogP contribution is 2.35. The molecule has 182 valence electrons. The molecule has 2 aliphatic rings. The fraction of sp³-hybridized carbons (Fsp3) is 0.462. The van der Waals surface area contributed by atoms with Crippen LogP contribution in [0.2, 0.25) is 0 Å². The minimum absolute atomic E-state index is 0.140. The summed E-state index contributed by atoms with van der Waals surface area (Å²) in [5.74, 6) is 0.703. The van der Waals surface area contributed by atoms with E-state index in [1.165, 1.54) is 18.4 Å². The zero-order valence-electron chi connectivity index (χ0n) is 19.8. The lowest BCUT2D eigenvalue weighted by Gasteiger charge is -2.43. The summed E-state index contributed by atoms with van der Waals surface area (Å²) in [4.78, 5) is 30.4. The molecule has 8 heteroatoms. The number of nitrogens with zero attached hydrogens (tertiary/aromatic N) is 2. The number of rotatable bonds is 9. The van der Waals surface area contributed by atoms with Crippen molar-refractivity contribution < 1.29 is 14.3 Å². The van der Waals surface area contributed by atoms with Gasteiger partial charge < -0.3 is 26.0 Å². The van der Waals surface area contributed by atoms with Gasteiger partial charge in [-0.1, -0.05) is 30.3 Å². The van der Waals surface area contributed by atoms with Gasteiger partial charge in [0.15, 0.2) is 0 Å². The van der Waals surface area contributed by atoms with Gasteiger partial charge in [-0.15, -0.1) is 0 Å². The quantitative estimate of drug-likeness (QED) is 0.529. The first-order valence-corrected chi connectivity index (χ1v) is 12.1. The van der Waals surface area contributed by atoms with Gasteiger partial charge in [0.2, 0.25) is 5.91 Å². The number of amides is 3. The molecule has 0 bridgehead atoms. The number of nitrogens with two attached hydrogens (primary N) is 1. The number of methoxy groups -OCH3 is 1. The molecule has 2 aromatic rings. The highest BCUT2D eigenvalue weighted by molar-refractivity contribution is 5.94. The first-order chi connectivity index (χ1) is 16.6. The van der Waals surface area contributed by atoms with Crippen LogP contribution in [0.15, 0.2) is 54.6 Å². The molecule has 1 saturated carbocycles. The van der Waals surface area contributed by atoms with Gasteiger partial charge in [0.1, 0.15) is 11.8 Å². The molecule has 0 radical (unpaired) electrons. The predicted molar refractivity (Wildman–Crippen MR) is 133 cm³/mol. The number of carbonyl (C=O) groups is 2. The Morgan fingerprint density at radius 1 is 1.06 bits per heavy atom. The molecule has 2 fully saturated rings. The van der Waals surface area contributed by atoms with E-state index in [-0.39, 0.29) is 18.0 Å². The van der Waals surface area contributed by atoms with E-state index in [1.807, 2.05) is 42.5 Å². The van der Waals surface area contributed by atoms with Crippen molar-refractivity contribution in [2.45, 2.75) is 50.4 Å². The molecule has 2 aromatic carbocycles. The van der Waals surface area contributed by atoms with Crippen molar-refractivity contribution in [1.82, 2.24) is 15.1 Å². The maximum Gasteiger partial charge on any atom is 0.322 e. The zero-order chi connectivity index (χ0) is 23.9. The van der Waals surface area contributed by atoms with Crippen LogP contribution in [-0.2, 0) is 11.3 Å². The molecule has 4 rings (SSSR count). The Labute approximate surface area is 201 Å². The number of urea groups is 1. The monoisotopic (exact) mass is 465 g/mol. The summed E-state index contributed by atoms with van der Waals surface area (Å²) in [5.41, 5.74) is 7.55. The third kappa shape index (κ3) is 6.07. The standard InChI is InChI=1S/C26H35N5O3/c1-34-23-11-7-19(8-12-23)18-31(21-9-10-21)22-13-16-30(24(17-22)25(32)28-15-14-27)26(33)29-20-5-3-2-4-6-20/h2-8,11-12,21-22,24H,9-10,13-18,27H2,1H3,(H,28,32)(H,29,33)/t22?,24-/m1/s1. The van der Waals surface area contributed by atoms with Crippen LogP contribution in [0.5, 0.6) is 5.75 Å². The third-order valence-corrected chi connectivity index (χ3v) is 6.62. The van der Waals surface area contributed by atoms with Gasteiger partial charge in [-0.25, -0.2) is 4.79 Å². The largest absolute Gasteiger partial charge is 0.497 e. The number of hydrogen-bond donors (Lipinski definition) is 3. The van der Waals surface area contributed by atoms with E-state index in [1.54, 1.807) is 12.0 Å². The summed E-state index contributed by atoms with van der Waals surface area (Å²) in [6.45, 7) is 2.11. The van der Waals surface area contributed by atoms with Crippen molar-refractivity contribution in [3.63, 3.8) is 0 Å². The lowest BCUT2D eigenvalue weighted by atomic mass is 9.94. The van der Waals surface area contributed by atoms with E-state index < -0.39 is 6.04 Å². The smallest absolute Gasteiger partial charge is 0.322 e. The summed E-state index contributed by atoms with van der Waals surface area (Å²) in [6.07, 6.45) is 3.78. The minimum Gasteiger partial charge on any atom is -0.497 e. The van der Waals surface area contributed by atoms with Crippen molar-refractivity contribution in [3.8, 4) is 5.75 Å². The highest BCUT2D eigenvalue weighted by Gasteiger charge is 2.42. The summed E-state index contributed by atoms with van der Waals surface area (Å²) >= 11 is 0. The van der Waals surface area contributed by atoms with Crippen LogP contribution in [0.1, 0.15) is 31.2 Å². The van der Waals surface area contributed by atoms with E-state index in [2.05, 4.69) is 27.7 Å². The number of ether oxygens (including phenoxy) is 1. The predicted octanol–water partition coefficient (Wildman–Crippen LogP) is 2.80. The number of likely N-dealkylation sites (tertiary alicyclic amines) is 1. The topological polar surface area (TPSA) is 99.9 Å². The van der Waals surface area contributed by atoms with Crippen LogP contribution in [0.3, 0.4) is 0 Å². The van der Waals surface area contributed by atoms with Crippen LogP contribution in [0.25, 0.3) is 0 Å². The molecule has 0 aromatic heterocycles. The van der Waals surface area contributed by atoms with Gasteiger partial charge in [0, 0.05) is 44.0 Å². The van der Waals surface area contributed by atoms with Crippen molar-refractivity contribution in [3.05, 3.63) is 60.2 Å². The van der Waals surface area contributed by atoms with E-state index in [4.69, 9.17) is 10.5 Å². The maximum absolute atomic E-state index is 13.1. The Bertz CT molecular complexity index is 949. The Kier molecular flexibility index (Phi) is 8.03. The zero-order valence-corrected chi connectivity index (χ0v) is 19.8. The van der Waals surface area contributed by atoms with Gasteiger partial charge in [-0.05, 0) is 55.5 Å². The molecule has 1 heterocycles. The van der Waals surface area contributed by atoms with Crippen molar-refractivity contribution in [1.29, 1.82) is 0 Å². The van der Waals surface area contributed by atoms with Gasteiger partial charge in [-0.2, -0.15) is 0 Å². The number of carbonyl (C=O) groups excluding carboxylic acids is 2. The molecule has 1 aliphatic carbocycles. The van der Waals surface area contributed by atoms with E-state index in [9.17, 15) is 9.59 Å². The van der Waals surface area contributed by atoms with Gasteiger partial charge in [-0.3, -0.25) is 9.69 Å². The van der Waals surface area contributed by atoms with Crippen LogP contribution in [0.4, 0.5) is 10.5 Å². The Morgan fingerprint density at radius 2 is 1.79 bits per heavy atom. The van der Waals surface area contributed by atoms with Crippen LogP contribution < -0.4 is 21.1 Å². The summed E-state index contributed by atoms with van der Waals surface area (Å²) in [6, 6.07) is 17.5. The number of anilines is 1. The second kappa shape index (κ2) is 11.4. The molecule has 2 atom stereocenters. The highest BCUT2D eigenvalue weighted by atomic mass is 16.5. The van der Waals surface area contributed by atoms with Crippen LogP contribution in [0, 0.1) is 0 Å². The van der Waals surface area contributed by atoms with Gasteiger partial charge in [0.25, 0.3) is 0 Å². The average Bonchev–Trinajstić information content (AvgIpc) is 3.72. The van der Waals surface area contributed by atoms with E-state index in [0.717, 1.165) is 24.4 Å². The first kappa shape index (κ1) is 24.0. The molecule has 3 amide bonds. The van der Waals surface area contributed by atoms with Crippen LogP contribution >= 0.6 is 0 Å². The summed E-state index contributed by atoms with van der Waals surface area (Å²) in [7, 11) is 1.67. The Hall–Kier alpha value is -3.10. The van der Waals surface area contributed by atoms with Crippen LogP contribution in [-0.4, -0.2) is 66.6 Å². The number of nitrogens with one attached hydrogen (secondary N) is 2. The molecule has 0 spiro atoms. The normalized spacial score (nSPS) is 20.1. The van der Waals surface area contributed by atoms with E-state index in [0.29, 0.717) is 32.1 Å². The maximum atomic E-state index is 13.1. The third-order valence-electron chi connectivity index (χ3n) is 6.62. The van der Waals surface area contributed by atoms with Crippen molar-refractivity contribution in [2.75, 3.05) is 32.1 Å². The Morgan fingerprint density at radius 3 is 2.44 bits per heavy atom. The van der Waals surface area contributed by atoms with Gasteiger partial charge in [0.05, 0.1) is 7.11 Å². The molecule has 1 aliphatic heterocycles. The summed E-state index contributed by atoms with van der Waals surface area (Å²) in [5, 5.41) is 5.84. The lowest BCUT2D eigenvalue weighted by molar-refractivity contribution is -0.127. The van der Waals surface area contributed by atoms with E-state index >= 15 is 0 Å². The SMILES string of the molecule is COc1ccc(CN(C2CC2)C2CCN(C(=O)Nc3ccccc3)[C@@H](C(=O)NCCN)C2)cc1. The molecule has 34 heavy (non-hydrogen) atoms. The number of hydrogen-bond acceptors (Lipinski definition) is 5. The number of para-hydroxylation sites is 1. The van der Waals surface area contributed by atoms with Crippen molar-refractivity contribution in [2.24, 2.45) is 5.73 Å². The second-order valence-electron chi connectivity index (χ2n) is 9.01. The van der Waals surface area contributed by atoms with Crippen molar-refractivity contribution >= 4 is 17.6 Å². The second-order valence-corrected chi connectivity index (χ2v) is 9.01. The fourth-order valence-corrected chi connectivity index (χ4v) is 4.67. The molecule has 1 saturated heterocycles. The van der Waals surface area contributed by atoms with Gasteiger partial charge >= 0.3 is 6.03 Å². The Balaban J connectivity index is 1.48. The molecule has 4 N–H and O–H groups in total. The summed E-state index contributed by atoms with van der Waals surface area (Å²) < 4.78 is 5.29. The lowest BCUT2D eigenvalue weighted by Crippen LogP contribution is -2.58. The minimum atomic E-state index is -0.536. The number of benzene rings is 2. The molecule has 8 nitrogen and oxygen atoms in total. The molecular weight excluding hydrogens is 430 g/mol. The molecular formula is C26H35N5O3. The average molecular weight is 466 g/mol. The first-order valence-electron chi connectivity index (χ1n) is 12.1. The number of piperidine rings is 1.